The summed E-state index contributed by atoms with van der Waals surface area (Å²) in [5.41, 5.74) is 10.7. The van der Waals surface area contributed by atoms with Gasteiger partial charge in [-0.1, -0.05) is 176 Å². The number of rotatable bonds is 6. The van der Waals surface area contributed by atoms with Crippen LogP contribution in [0.2, 0.25) is 0 Å². The summed E-state index contributed by atoms with van der Waals surface area (Å²) in [5, 5.41) is 6.93. The molecule has 0 unspecified atom stereocenters. The number of furan rings is 1. The minimum Gasteiger partial charge on any atom is -0.455 e. The Balaban J connectivity index is 1.24. The lowest BCUT2D eigenvalue weighted by atomic mass is 9.91. The highest BCUT2D eigenvalue weighted by atomic mass is 16.3. The largest absolute Gasteiger partial charge is 0.455 e. The number of benzene rings is 9. The Morgan fingerprint density at radius 3 is 1.51 bits per heavy atom. The fourth-order valence-corrected chi connectivity index (χ4v) is 8.14. The van der Waals surface area contributed by atoms with E-state index in [9.17, 15) is 0 Å². The first-order valence-corrected chi connectivity index (χ1v) is 19.2. The van der Waals surface area contributed by atoms with Crippen LogP contribution in [-0.2, 0) is 0 Å². The Bertz CT molecular complexity index is 3210. The van der Waals surface area contributed by atoms with Crippen molar-refractivity contribution in [3.63, 3.8) is 0 Å². The molecular formula is C53H33N3O. The first-order chi connectivity index (χ1) is 28.2. The van der Waals surface area contributed by atoms with E-state index in [1.165, 1.54) is 21.5 Å². The summed E-state index contributed by atoms with van der Waals surface area (Å²) in [6, 6.07) is 69.9. The Hall–Kier alpha value is -7.69. The highest BCUT2D eigenvalue weighted by Gasteiger charge is 2.23. The summed E-state index contributed by atoms with van der Waals surface area (Å²) < 4.78 is 7.21. The Morgan fingerprint density at radius 1 is 0.281 bits per heavy atom. The van der Waals surface area contributed by atoms with Crippen molar-refractivity contribution in [3.05, 3.63) is 200 Å². The number of hydrogen-bond acceptors (Lipinski definition) is 4. The summed E-state index contributed by atoms with van der Waals surface area (Å²) >= 11 is 0. The average Bonchev–Trinajstić information content (AvgIpc) is 3.69. The Kier molecular flexibility index (Phi) is 7.78. The van der Waals surface area contributed by atoms with E-state index in [2.05, 4.69) is 140 Å². The van der Waals surface area contributed by atoms with Gasteiger partial charge in [0.05, 0.1) is 5.56 Å². The highest BCUT2D eigenvalue weighted by Crippen LogP contribution is 2.46. The molecule has 0 bridgehead atoms. The number of nitrogens with zero attached hydrogens (tertiary/aromatic N) is 3. The lowest BCUT2D eigenvalue weighted by Gasteiger charge is -2.12. The van der Waals surface area contributed by atoms with Crippen molar-refractivity contribution in [3.8, 4) is 67.5 Å². The van der Waals surface area contributed by atoms with Crippen molar-refractivity contribution < 1.29 is 4.42 Å². The molecule has 9 aromatic carbocycles. The maximum Gasteiger partial charge on any atom is 0.167 e. The number of hydrogen-bond donors (Lipinski definition) is 0. The van der Waals surface area contributed by atoms with Gasteiger partial charge in [0.25, 0.3) is 0 Å². The lowest BCUT2D eigenvalue weighted by Crippen LogP contribution is -2.00. The van der Waals surface area contributed by atoms with E-state index in [1.807, 2.05) is 60.7 Å². The number of fused-ring (bicyclic) bond motifs is 6. The first kappa shape index (κ1) is 32.7. The van der Waals surface area contributed by atoms with Gasteiger partial charge in [-0.3, -0.25) is 0 Å². The average molecular weight is 728 g/mol. The first-order valence-electron chi connectivity index (χ1n) is 19.2. The summed E-state index contributed by atoms with van der Waals surface area (Å²) in [6.07, 6.45) is 0. The third kappa shape index (κ3) is 5.74. The van der Waals surface area contributed by atoms with Gasteiger partial charge in [0.1, 0.15) is 11.2 Å². The molecule has 0 aliphatic heterocycles. The van der Waals surface area contributed by atoms with E-state index >= 15 is 0 Å². The van der Waals surface area contributed by atoms with E-state index in [0.717, 1.165) is 72.0 Å². The van der Waals surface area contributed by atoms with Gasteiger partial charge in [-0.15, -0.1) is 0 Å². The topological polar surface area (TPSA) is 51.8 Å². The van der Waals surface area contributed by atoms with Crippen LogP contribution in [0.25, 0.3) is 111 Å². The van der Waals surface area contributed by atoms with E-state index in [-0.39, 0.29) is 0 Å². The van der Waals surface area contributed by atoms with E-state index in [1.54, 1.807) is 0 Å². The van der Waals surface area contributed by atoms with Gasteiger partial charge in [-0.2, -0.15) is 0 Å². The molecule has 2 heterocycles. The summed E-state index contributed by atoms with van der Waals surface area (Å²) in [6.45, 7) is 0. The Labute approximate surface area is 329 Å². The third-order valence-electron chi connectivity index (χ3n) is 10.9. The predicted molar refractivity (Wildman–Crippen MR) is 235 cm³/mol. The van der Waals surface area contributed by atoms with Crippen LogP contribution in [0.15, 0.2) is 205 Å². The van der Waals surface area contributed by atoms with Crippen LogP contribution in [0, 0.1) is 0 Å². The second kappa shape index (κ2) is 13.6. The monoisotopic (exact) mass is 727 g/mol. The molecule has 0 N–H and O–H groups in total. The van der Waals surface area contributed by atoms with Crippen molar-refractivity contribution in [2.24, 2.45) is 0 Å². The van der Waals surface area contributed by atoms with Gasteiger partial charge in [0.2, 0.25) is 0 Å². The Morgan fingerprint density at radius 2 is 0.825 bits per heavy atom. The van der Waals surface area contributed by atoms with Gasteiger partial charge in [-0.25, -0.2) is 15.0 Å². The van der Waals surface area contributed by atoms with Gasteiger partial charge in [0.15, 0.2) is 17.5 Å². The van der Waals surface area contributed by atoms with Crippen molar-refractivity contribution >= 4 is 43.5 Å². The molecule has 0 saturated heterocycles. The minimum atomic E-state index is 0.549. The van der Waals surface area contributed by atoms with Crippen molar-refractivity contribution in [2.75, 3.05) is 0 Å². The summed E-state index contributed by atoms with van der Waals surface area (Å²) in [4.78, 5) is 15.3. The highest BCUT2D eigenvalue weighted by molar-refractivity contribution is 6.20. The van der Waals surface area contributed by atoms with Crippen LogP contribution in [-0.4, -0.2) is 15.0 Å². The second-order valence-corrected chi connectivity index (χ2v) is 14.4. The third-order valence-corrected chi connectivity index (χ3v) is 10.9. The van der Waals surface area contributed by atoms with Gasteiger partial charge in [-0.05, 0) is 73.6 Å². The van der Waals surface area contributed by atoms with Crippen LogP contribution < -0.4 is 0 Å². The zero-order valence-corrected chi connectivity index (χ0v) is 30.8. The molecule has 0 saturated carbocycles. The number of aromatic nitrogens is 3. The van der Waals surface area contributed by atoms with Gasteiger partial charge < -0.3 is 4.42 Å². The van der Waals surface area contributed by atoms with Crippen LogP contribution in [0.1, 0.15) is 0 Å². The molecule has 4 nitrogen and oxygen atoms in total. The normalized spacial score (nSPS) is 11.5. The molecule has 0 amide bonds. The minimum absolute atomic E-state index is 0.549. The van der Waals surface area contributed by atoms with E-state index in [0.29, 0.717) is 17.5 Å². The van der Waals surface area contributed by atoms with Crippen LogP contribution >= 0.6 is 0 Å². The zero-order chi connectivity index (χ0) is 37.7. The van der Waals surface area contributed by atoms with Gasteiger partial charge in [0, 0.05) is 27.5 Å². The van der Waals surface area contributed by atoms with E-state index in [4.69, 9.17) is 19.4 Å². The molecule has 11 rings (SSSR count). The van der Waals surface area contributed by atoms with E-state index < -0.39 is 0 Å². The maximum absolute atomic E-state index is 7.21. The van der Waals surface area contributed by atoms with Crippen molar-refractivity contribution in [2.45, 2.75) is 0 Å². The molecule has 0 aliphatic rings. The molecule has 4 heteroatoms. The quantitative estimate of drug-likeness (QED) is 0.160. The van der Waals surface area contributed by atoms with Crippen molar-refractivity contribution in [1.29, 1.82) is 0 Å². The SMILES string of the molecule is c1ccc(-c2cc(-c3ccccc3)c3oc4c(-c5nc(-c6ccccc6)nc(-c6ccccc6)n5)ccc(-c5ccc6c(ccc7ccccc76)c5)c4c3c2)cc1. The molecule has 0 radical (unpaired) electrons. The molecule has 0 aliphatic carbocycles. The summed E-state index contributed by atoms with van der Waals surface area (Å²) in [5.74, 6) is 1.75. The van der Waals surface area contributed by atoms with Crippen LogP contribution in [0.3, 0.4) is 0 Å². The molecular weight excluding hydrogens is 695 g/mol. The smallest absolute Gasteiger partial charge is 0.167 e. The predicted octanol–water partition coefficient (Wildman–Crippen LogP) is 14.1. The fraction of sp³-hybridized carbons (Fsp3) is 0. The second-order valence-electron chi connectivity index (χ2n) is 14.4. The molecule has 0 spiro atoms. The molecule has 266 valence electrons. The maximum atomic E-state index is 7.21. The molecule has 2 aromatic heterocycles. The molecule has 57 heavy (non-hydrogen) atoms. The zero-order valence-electron chi connectivity index (χ0n) is 30.8. The van der Waals surface area contributed by atoms with Gasteiger partial charge >= 0.3 is 0 Å². The lowest BCUT2D eigenvalue weighted by molar-refractivity contribution is 0.670. The molecule has 0 atom stereocenters. The molecule has 11 aromatic rings. The van der Waals surface area contributed by atoms with Crippen LogP contribution in [0.5, 0.6) is 0 Å². The fourth-order valence-electron chi connectivity index (χ4n) is 8.14. The summed E-state index contributed by atoms with van der Waals surface area (Å²) in [7, 11) is 0. The molecule has 0 fully saturated rings. The van der Waals surface area contributed by atoms with Crippen LogP contribution in [0.4, 0.5) is 0 Å². The standard InChI is InChI=1S/C53H33N3O/c1-5-15-34(16-6-1)41-32-46(35-17-7-2-8-18-35)49-47(33-41)48-44(40-27-28-43-39(31-40)26-25-36-19-13-14-24-42(36)43)29-30-45(50(48)57-49)53-55-51(37-20-9-3-10-21-37)54-52(56-53)38-22-11-4-12-23-38/h1-33H. The van der Waals surface area contributed by atoms with Crippen molar-refractivity contribution in [1.82, 2.24) is 15.0 Å².